The van der Waals surface area contributed by atoms with Gasteiger partial charge in [-0.05, 0) is 39.9 Å². The zero-order chi connectivity index (χ0) is 12.0. The summed E-state index contributed by atoms with van der Waals surface area (Å²) in [7, 11) is 6.41. The lowest BCUT2D eigenvalue weighted by molar-refractivity contribution is 0.0327. The van der Waals surface area contributed by atoms with Gasteiger partial charge in [-0.1, -0.05) is 0 Å². The molecular weight excluding hydrogens is 202 g/mol. The molecule has 1 saturated heterocycles. The molecule has 0 aromatic carbocycles. The number of hydrogen-bond donors (Lipinski definition) is 1. The Morgan fingerprint density at radius 2 is 1.81 bits per heavy atom. The molecule has 0 aromatic rings. The minimum atomic E-state index is 0.517. The molecule has 0 aliphatic carbocycles. The second kappa shape index (κ2) is 7.22. The summed E-state index contributed by atoms with van der Waals surface area (Å²) in [5.74, 6) is 0.714. The molecule has 1 heterocycles. The molecule has 0 amide bonds. The maximum Gasteiger partial charge on any atom is 0.0469 e. The Morgan fingerprint density at radius 3 is 2.31 bits per heavy atom. The number of ether oxygens (including phenoxy) is 1. The minimum Gasteiger partial charge on any atom is -0.381 e. The third-order valence-corrected chi connectivity index (χ3v) is 3.52. The molecule has 2 N–H and O–H groups in total. The number of rotatable bonds is 6. The van der Waals surface area contributed by atoms with Crippen LogP contribution in [-0.4, -0.2) is 69.8 Å². The van der Waals surface area contributed by atoms with Crippen LogP contribution in [0.3, 0.4) is 0 Å². The normalized spacial score (nSPS) is 20.6. The molecule has 1 unspecified atom stereocenters. The summed E-state index contributed by atoms with van der Waals surface area (Å²) < 4.78 is 5.40. The van der Waals surface area contributed by atoms with Gasteiger partial charge in [0.2, 0.25) is 0 Å². The van der Waals surface area contributed by atoms with Gasteiger partial charge >= 0.3 is 0 Å². The Morgan fingerprint density at radius 1 is 1.19 bits per heavy atom. The Hall–Kier alpha value is -0.160. The van der Waals surface area contributed by atoms with E-state index in [2.05, 4.69) is 30.9 Å². The van der Waals surface area contributed by atoms with E-state index in [4.69, 9.17) is 10.5 Å². The van der Waals surface area contributed by atoms with Crippen LogP contribution in [-0.2, 0) is 4.74 Å². The van der Waals surface area contributed by atoms with E-state index in [1.165, 1.54) is 0 Å². The third-order valence-electron chi connectivity index (χ3n) is 3.52. The molecular formula is C12H27N3O. The quantitative estimate of drug-likeness (QED) is 0.708. The second-order valence-electron chi connectivity index (χ2n) is 5.04. The molecule has 1 aliphatic heterocycles. The fraction of sp³-hybridized carbons (Fsp3) is 1.00. The van der Waals surface area contributed by atoms with Crippen molar-refractivity contribution >= 4 is 0 Å². The molecule has 1 aliphatic rings. The average molecular weight is 229 g/mol. The van der Waals surface area contributed by atoms with Crippen LogP contribution in [0, 0.1) is 5.92 Å². The zero-order valence-corrected chi connectivity index (χ0v) is 11.0. The van der Waals surface area contributed by atoms with Crippen molar-refractivity contribution in [1.29, 1.82) is 0 Å². The summed E-state index contributed by atoms with van der Waals surface area (Å²) in [5, 5.41) is 0. The molecule has 4 nitrogen and oxygen atoms in total. The minimum absolute atomic E-state index is 0.517. The summed E-state index contributed by atoms with van der Waals surface area (Å²) in [6, 6.07) is 0.517. The highest BCUT2D eigenvalue weighted by molar-refractivity contribution is 4.80. The standard InChI is InChI=1S/C12H27N3O/c1-14(2)6-7-15(3)12(10-13)11-4-8-16-9-5-11/h11-12H,4-10,13H2,1-3H3. The summed E-state index contributed by atoms with van der Waals surface area (Å²) in [6.45, 7) is 4.75. The summed E-state index contributed by atoms with van der Waals surface area (Å²) in [4.78, 5) is 4.63. The van der Waals surface area contributed by atoms with E-state index in [0.29, 0.717) is 12.0 Å². The fourth-order valence-electron chi connectivity index (χ4n) is 2.36. The Bertz CT molecular complexity index is 181. The predicted molar refractivity (Wildman–Crippen MR) is 67.6 cm³/mol. The van der Waals surface area contributed by atoms with Gasteiger partial charge in [0, 0.05) is 38.9 Å². The predicted octanol–water partition coefficient (Wildman–Crippen LogP) is 0.234. The van der Waals surface area contributed by atoms with Gasteiger partial charge in [-0.3, -0.25) is 0 Å². The number of likely N-dealkylation sites (N-methyl/N-ethyl adjacent to an activating group) is 2. The summed E-state index contributed by atoms with van der Waals surface area (Å²) >= 11 is 0. The monoisotopic (exact) mass is 229 g/mol. The maximum absolute atomic E-state index is 5.91. The summed E-state index contributed by atoms with van der Waals surface area (Å²) in [6.07, 6.45) is 2.32. The van der Waals surface area contributed by atoms with E-state index in [0.717, 1.165) is 45.7 Å². The van der Waals surface area contributed by atoms with Crippen LogP contribution in [0.5, 0.6) is 0 Å². The van der Waals surface area contributed by atoms with E-state index < -0.39 is 0 Å². The molecule has 16 heavy (non-hydrogen) atoms. The first-order valence-electron chi connectivity index (χ1n) is 6.28. The molecule has 0 bridgehead atoms. The topological polar surface area (TPSA) is 41.7 Å². The first-order chi connectivity index (χ1) is 7.65. The molecule has 0 saturated carbocycles. The van der Waals surface area contributed by atoms with Crippen molar-refractivity contribution in [2.24, 2.45) is 11.7 Å². The van der Waals surface area contributed by atoms with E-state index in [9.17, 15) is 0 Å². The Labute approximate surface area is 99.7 Å². The number of nitrogens with two attached hydrogens (primary N) is 1. The van der Waals surface area contributed by atoms with Gasteiger partial charge in [0.25, 0.3) is 0 Å². The van der Waals surface area contributed by atoms with Crippen molar-refractivity contribution in [2.45, 2.75) is 18.9 Å². The van der Waals surface area contributed by atoms with E-state index in [1.807, 2.05) is 0 Å². The lowest BCUT2D eigenvalue weighted by Gasteiger charge is -2.36. The molecule has 4 heteroatoms. The van der Waals surface area contributed by atoms with Crippen molar-refractivity contribution in [1.82, 2.24) is 9.80 Å². The van der Waals surface area contributed by atoms with E-state index in [-0.39, 0.29) is 0 Å². The molecule has 1 atom stereocenters. The SMILES string of the molecule is CN(C)CCN(C)C(CN)C1CCOCC1. The first-order valence-corrected chi connectivity index (χ1v) is 6.28. The van der Waals surface area contributed by atoms with Crippen LogP contribution in [0.15, 0.2) is 0 Å². The van der Waals surface area contributed by atoms with Crippen LogP contribution in [0.25, 0.3) is 0 Å². The third kappa shape index (κ3) is 4.37. The Kier molecular flexibility index (Phi) is 6.28. The van der Waals surface area contributed by atoms with Crippen molar-refractivity contribution < 1.29 is 4.74 Å². The zero-order valence-electron chi connectivity index (χ0n) is 11.0. The maximum atomic E-state index is 5.91. The van der Waals surface area contributed by atoms with Crippen LogP contribution in [0.4, 0.5) is 0 Å². The molecule has 1 rings (SSSR count). The van der Waals surface area contributed by atoms with Gasteiger partial charge in [-0.25, -0.2) is 0 Å². The highest BCUT2D eigenvalue weighted by Crippen LogP contribution is 2.21. The van der Waals surface area contributed by atoms with Crippen molar-refractivity contribution in [3.63, 3.8) is 0 Å². The van der Waals surface area contributed by atoms with Crippen LogP contribution in [0.2, 0.25) is 0 Å². The van der Waals surface area contributed by atoms with Crippen LogP contribution < -0.4 is 5.73 Å². The van der Waals surface area contributed by atoms with Gasteiger partial charge in [-0.2, -0.15) is 0 Å². The van der Waals surface area contributed by atoms with Crippen molar-refractivity contribution in [2.75, 3.05) is 54.0 Å². The second-order valence-corrected chi connectivity index (χ2v) is 5.04. The van der Waals surface area contributed by atoms with Crippen LogP contribution >= 0.6 is 0 Å². The smallest absolute Gasteiger partial charge is 0.0469 e. The van der Waals surface area contributed by atoms with Crippen molar-refractivity contribution in [3.8, 4) is 0 Å². The lowest BCUT2D eigenvalue weighted by atomic mass is 9.91. The summed E-state index contributed by atoms with van der Waals surface area (Å²) in [5.41, 5.74) is 5.91. The van der Waals surface area contributed by atoms with Crippen LogP contribution in [0.1, 0.15) is 12.8 Å². The molecule has 0 aromatic heterocycles. The highest BCUT2D eigenvalue weighted by atomic mass is 16.5. The molecule has 96 valence electrons. The molecule has 0 spiro atoms. The number of nitrogens with zero attached hydrogens (tertiary/aromatic N) is 2. The fourth-order valence-corrected chi connectivity index (χ4v) is 2.36. The largest absolute Gasteiger partial charge is 0.381 e. The highest BCUT2D eigenvalue weighted by Gasteiger charge is 2.25. The first kappa shape index (κ1) is 13.9. The average Bonchev–Trinajstić information content (AvgIpc) is 2.29. The molecule has 1 fully saturated rings. The van der Waals surface area contributed by atoms with Gasteiger partial charge in [0.05, 0.1) is 0 Å². The molecule has 0 radical (unpaired) electrons. The van der Waals surface area contributed by atoms with Gasteiger partial charge in [0.1, 0.15) is 0 Å². The number of hydrogen-bond acceptors (Lipinski definition) is 4. The van der Waals surface area contributed by atoms with E-state index in [1.54, 1.807) is 0 Å². The Balaban J connectivity index is 2.38. The van der Waals surface area contributed by atoms with E-state index >= 15 is 0 Å². The van der Waals surface area contributed by atoms with Gasteiger partial charge in [-0.15, -0.1) is 0 Å². The lowest BCUT2D eigenvalue weighted by Crippen LogP contribution is -2.47. The van der Waals surface area contributed by atoms with Gasteiger partial charge < -0.3 is 20.3 Å². The van der Waals surface area contributed by atoms with Gasteiger partial charge in [0.15, 0.2) is 0 Å². The van der Waals surface area contributed by atoms with Crippen molar-refractivity contribution in [3.05, 3.63) is 0 Å².